The van der Waals surface area contributed by atoms with Gasteiger partial charge in [-0.05, 0) is 19.9 Å². The number of nitrogens with one attached hydrogen (secondary N) is 1. The number of phosphoric acid groups is 3. The molecule has 1 saturated heterocycles. The van der Waals surface area contributed by atoms with Gasteiger partial charge in [0.15, 0.2) is 0 Å². The number of hydrogen-bond acceptors (Lipinski definition) is 11. The molecule has 5 atom stereocenters. The van der Waals surface area contributed by atoms with Crippen molar-refractivity contribution in [2.45, 2.75) is 38.2 Å². The molecule has 35 heavy (non-hydrogen) atoms. The zero-order chi connectivity index (χ0) is 26.6. The highest BCUT2D eigenvalue weighted by molar-refractivity contribution is 7.66. The minimum atomic E-state index is -5.70. The topological polar surface area (TPSA) is 259 Å². The molecule has 1 aliphatic heterocycles. The molecule has 0 bridgehead atoms. The van der Waals surface area contributed by atoms with Crippen LogP contribution in [0.5, 0.6) is 0 Å². The molecule has 1 fully saturated rings. The van der Waals surface area contributed by atoms with E-state index in [4.69, 9.17) is 25.0 Å². The van der Waals surface area contributed by atoms with Crippen LogP contribution in [0.25, 0.3) is 0 Å². The summed E-state index contributed by atoms with van der Waals surface area (Å²) in [5.41, 5.74) is 4.91. The van der Waals surface area contributed by atoms with Gasteiger partial charge in [-0.25, -0.2) is 18.5 Å². The van der Waals surface area contributed by atoms with Crippen LogP contribution in [-0.4, -0.2) is 61.1 Å². The zero-order valence-corrected chi connectivity index (χ0v) is 21.0. The summed E-state index contributed by atoms with van der Waals surface area (Å²) in [7, 11) is -16.7. The summed E-state index contributed by atoms with van der Waals surface area (Å²) in [5.74, 6) is 0. The van der Waals surface area contributed by atoms with Crippen molar-refractivity contribution in [2.75, 3.05) is 19.8 Å². The lowest BCUT2D eigenvalue weighted by Crippen LogP contribution is -2.33. The Bertz CT molecular complexity index is 1180. The second kappa shape index (κ2) is 11.8. The predicted octanol–water partition coefficient (Wildman–Crippen LogP) is -0.234. The quantitative estimate of drug-likeness (QED) is 0.133. The first kappa shape index (κ1) is 29.9. The van der Waals surface area contributed by atoms with E-state index in [1.807, 2.05) is 0 Å². The average molecular weight is 565 g/mol. The number of rotatable bonds is 13. The van der Waals surface area contributed by atoms with Crippen molar-refractivity contribution in [3.05, 3.63) is 44.8 Å². The van der Waals surface area contributed by atoms with Crippen molar-refractivity contribution in [2.24, 2.45) is 5.73 Å². The summed E-state index contributed by atoms with van der Waals surface area (Å²) < 4.78 is 58.7. The lowest BCUT2D eigenvalue weighted by molar-refractivity contribution is -0.0580. The highest BCUT2D eigenvalue weighted by Crippen LogP contribution is 2.66. The van der Waals surface area contributed by atoms with Crippen molar-refractivity contribution in [3.63, 3.8) is 0 Å². The first-order valence-electron chi connectivity index (χ1n) is 9.76. The highest BCUT2D eigenvalue weighted by Gasteiger charge is 2.43. The monoisotopic (exact) mass is 565 g/mol. The van der Waals surface area contributed by atoms with E-state index >= 15 is 0 Å². The Morgan fingerprint density at radius 2 is 1.89 bits per heavy atom. The molecule has 200 valence electrons. The minimum absolute atomic E-state index is 0.0171. The molecule has 2 heterocycles. The SMILES string of the molecule is C=C(CCN)COC1C[C@H](n2cc(C)c(=O)[nH]c2=O)O[C@@H]1COP(=O)(O)OP(=O)(O)OP(=O)(O)O. The van der Waals surface area contributed by atoms with Crippen molar-refractivity contribution in [1.82, 2.24) is 9.55 Å². The lowest BCUT2D eigenvalue weighted by atomic mass is 10.1. The van der Waals surface area contributed by atoms with Crippen LogP contribution >= 0.6 is 23.5 Å². The van der Waals surface area contributed by atoms with Crippen molar-refractivity contribution >= 4 is 23.5 Å². The van der Waals surface area contributed by atoms with Crippen LogP contribution in [0.3, 0.4) is 0 Å². The number of H-pyrrole nitrogens is 1. The third-order valence-corrected chi connectivity index (χ3v) is 8.26. The summed E-state index contributed by atoms with van der Waals surface area (Å²) in [6, 6.07) is 0. The average Bonchev–Trinajstić information content (AvgIpc) is 3.08. The maximum absolute atomic E-state index is 12.2. The van der Waals surface area contributed by atoms with Crippen LogP contribution in [0.4, 0.5) is 0 Å². The number of aryl methyl sites for hydroxylation is 1. The molecule has 1 aromatic rings. The number of nitrogens with two attached hydrogens (primary N) is 1. The van der Waals surface area contributed by atoms with Gasteiger partial charge < -0.3 is 34.8 Å². The fourth-order valence-corrected chi connectivity index (χ4v) is 6.00. The van der Waals surface area contributed by atoms with Gasteiger partial charge in [0.05, 0.1) is 19.3 Å². The normalized spacial score (nSPS) is 24.1. The number of aromatic amines is 1. The number of ether oxygens (including phenoxy) is 2. The molecule has 1 aliphatic rings. The Labute approximate surface area is 197 Å². The third-order valence-electron chi connectivity index (χ3n) is 4.45. The largest absolute Gasteiger partial charge is 0.490 e. The van der Waals surface area contributed by atoms with Crippen LogP contribution < -0.4 is 17.0 Å². The van der Waals surface area contributed by atoms with Gasteiger partial charge in [-0.1, -0.05) is 12.2 Å². The number of nitrogens with zero attached hydrogens (tertiary/aromatic N) is 1. The Balaban J connectivity index is 2.17. The van der Waals surface area contributed by atoms with E-state index in [0.717, 1.165) is 4.57 Å². The molecule has 0 saturated carbocycles. The van der Waals surface area contributed by atoms with Gasteiger partial charge in [-0.15, -0.1) is 0 Å². The first-order valence-corrected chi connectivity index (χ1v) is 14.3. The molecule has 0 amide bonds. The van der Waals surface area contributed by atoms with Crippen LogP contribution in [0.15, 0.2) is 27.9 Å². The van der Waals surface area contributed by atoms with E-state index in [-0.39, 0.29) is 18.6 Å². The number of phosphoric ester groups is 1. The molecular weight excluding hydrogens is 539 g/mol. The van der Waals surface area contributed by atoms with E-state index < -0.39 is 59.8 Å². The summed E-state index contributed by atoms with van der Waals surface area (Å²) >= 11 is 0. The fraction of sp³-hybridized carbons (Fsp3) is 0.600. The third kappa shape index (κ3) is 9.59. The summed E-state index contributed by atoms with van der Waals surface area (Å²) in [5, 5.41) is 0. The smallest absolute Gasteiger partial charge is 0.371 e. The molecule has 0 radical (unpaired) electrons. The lowest BCUT2D eigenvalue weighted by Gasteiger charge is -2.21. The Morgan fingerprint density at radius 3 is 2.49 bits per heavy atom. The maximum Gasteiger partial charge on any atom is 0.490 e. The summed E-state index contributed by atoms with van der Waals surface area (Å²) in [6.07, 6.45) is -1.29. The highest BCUT2D eigenvalue weighted by atomic mass is 31.3. The Hall–Kier alpha value is -1.29. The van der Waals surface area contributed by atoms with Crippen molar-refractivity contribution in [3.8, 4) is 0 Å². The molecule has 20 heteroatoms. The molecule has 7 N–H and O–H groups in total. The van der Waals surface area contributed by atoms with E-state index in [1.54, 1.807) is 0 Å². The summed E-state index contributed by atoms with van der Waals surface area (Å²) in [6.45, 7) is 4.79. The van der Waals surface area contributed by atoms with Crippen LogP contribution in [-0.2, 0) is 36.3 Å². The van der Waals surface area contributed by atoms with Gasteiger partial charge in [-0.3, -0.25) is 18.9 Å². The molecular formula is C15H26N3O14P3. The van der Waals surface area contributed by atoms with Crippen molar-refractivity contribution in [1.29, 1.82) is 0 Å². The zero-order valence-electron chi connectivity index (χ0n) is 18.3. The van der Waals surface area contributed by atoms with Gasteiger partial charge in [-0.2, -0.15) is 8.62 Å². The van der Waals surface area contributed by atoms with E-state index in [1.165, 1.54) is 13.1 Å². The minimum Gasteiger partial charge on any atom is -0.371 e. The van der Waals surface area contributed by atoms with Crippen LogP contribution in [0, 0.1) is 6.92 Å². The molecule has 17 nitrogen and oxygen atoms in total. The maximum atomic E-state index is 12.2. The van der Waals surface area contributed by atoms with Gasteiger partial charge in [0, 0.05) is 18.2 Å². The number of hydrogen-bond donors (Lipinski definition) is 6. The van der Waals surface area contributed by atoms with Gasteiger partial charge in [0.25, 0.3) is 5.56 Å². The van der Waals surface area contributed by atoms with Crippen LogP contribution in [0.1, 0.15) is 24.6 Å². The molecule has 0 aromatic carbocycles. The standard InChI is InChI=1S/C15H26N3O14P3/c1-9(3-4-16)7-28-11-5-13(18-6-10(2)14(19)17-15(18)20)30-12(11)8-29-34(24,25)32-35(26,27)31-33(21,22)23/h6,11-13H,1,3-5,7-8,16H2,2H3,(H,24,25)(H,26,27)(H,17,19,20)(H2,21,22,23)/t11?,12-,13-/m1/s1. The van der Waals surface area contributed by atoms with Gasteiger partial charge >= 0.3 is 29.2 Å². The van der Waals surface area contributed by atoms with Gasteiger partial charge in [0.2, 0.25) is 0 Å². The number of aromatic nitrogens is 2. The molecule has 0 aliphatic carbocycles. The second-order valence-corrected chi connectivity index (χ2v) is 11.8. The molecule has 3 unspecified atom stereocenters. The van der Waals surface area contributed by atoms with Gasteiger partial charge in [0.1, 0.15) is 12.3 Å². The van der Waals surface area contributed by atoms with Crippen molar-refractivity contribution < 1.29 is 55.9 Å². The van der Waals surface area contributed by atoms with E-state index in [9.17, 15) is 33.1 Å². The predicted molar refractivity (Wildman–Crippen MR) is 117 cm³/mol. The summed E-state index contributed by atoms with van der Waals surface area (Å²) in [4.78, 5) is 62.1. The van der Waals surface area contributed by atoms with E-state index in [2.05, 4.69) is 24.7 Å². The van der Waals surface area contributed by atoms with Crippen LogP contribution in [0.2, 0.25) is 0 Å². The molecule has 2 rings (SSSR count). The fourth-order valence-electron chi connectivity index (χ4n) is 2.97. The molecule has 1 aromatic heterocycles. The second-order valence-electron chi connectivity index (χ2n) is 7.37. The Morgan fingerprint density at radius 1 is 1.23 bits per heavy atom. The Kier molecular flexibility index (Phi) is 10.1. The first-order chi connectivity index (χ1) is 16.0. The van der Waals surface area contributed by atoms with E-state index in [0.29, 0.717) is 18.5 Å². The molecule has 0 spiro atoms.